The van der Waals surface area contributed by atoms with Gasteiger partial charge in [-0.2, -0.15) is 0 Å². The predicted octanol–water partition coefficient (Wildman–Crippen LogP) is 2.29. The van der Waals surface area contributed by atoms with Crippen LogP contribution in [-0.4, -0.2) is 17.8 Å². The van der Waals surface area contributed by atoms with Crippen molar-refractivity contribution in [2.24, 2.45) is 11.8 Å². The zero-order valence-corrected chi connectivity index (χ0v) is 11.9. The van der Waals surface area contributed by atoms with Crippen LogP contribution in [0.15, 0.2) is 24.3 Å². The van der Waals surface area contributed by atoms with Gasteiger partial charge in [-0.05, 0) is 37.1 Å². The smallest absolute Gasteiger partial charge is 0.308 e. The second-order valence-corrected chi connectivity index (χ2v) is 5.60. The normalized spacial score (nSPS) is 24.9. The largest absolute Gasteiger partial charge is 0.427 e. The van der Waals surface area contributed by atoms with Gasteiger partial charge in [0.25, 0.3) is 0 Å². The standard InChI is InChI=1S/C16H17NO4/c1-10(18)21-12-8-6-11(7-9-12)17-15(19)13-4-2-3-5-14(13)16(17)20/h6-9,13-14H,2-5H2,1H3/t13-,14+. The lowest BCUT2D eigenvalue weighted by Crippen LogP contribution is -2.30. The number of nitrogens with zero attached hydrogens (tertiary/aromatic N) is 1. The summed E-state index contributed by atoms with van der Waals surface area (Å²) in [6, 6.07) is 6.48. The van der Waals surface area contributed by atoms with E-state index in [-0.39, 0.29) is 23.7 Å². The van der Waals surface area contributed by atoms with E-state index in [0.29, 0.717) is 11.4 Å². The zero-order chi connectivity index (χ0) is 15.0. The maximum Gasteiger partial charge on any atom is 0.308 e. The number of carbonyl (C=O) groups is 3. The Morgan fingerprint density at radius 2 is 1.57 bits per heavy atom. The maximum absolute atomic E-state index is 12.4. The molecule has 5 nitrogen and oxygen atoms in total. The van der Waals surface area contributed by atoms with Crippen LogP contribution in [0, 0.1) is 11.8 Å². The average molecular weight is 287 g/mol. The molecule has 2 atom stereocenters. The van der Waals surface area contributed by atoms with E-state index >= 15 is 0 Å². The van der Waals surface area contributed by atoms with Crippen LogP contribution in [0.5, 0.6) is 5.75 Å². The van der Waals surface area contributed by atoms with Crippen molar-refractivity contribution in [2.45, 2.75) is 32.6 Å². The van der Waals surface area contributed by atoms with Crippen molar-refractivity contribution in [2.75, 3.05) is 4.90 Å². The highest BCUT2D eigenvalue weighted by atomic mass is 16.5. The number of esters is 1. The number of ether oxygens (including phenoxy) is 1. The molecule has 21 heavy (non-hydrogen) atoms. The molecule has 1 aliphatic heterocycles. The molecular formula is C16H17NO4. The summed E-state index contributed by atoms with van der Waals surface area (Å²) in [7, 11) is 0. The Hall–Kier alpha value is -2.17. The van der Waals surface area contributed by atoms with Gasteiger partial charge < -0.3 is 4.74 Å². The van der Waals surface area contributed by atoms with Crippen molar-refractivity contribution in [1.82, 2.24) is 0 Å². The molecule has 1 saturated heterocycles. The van der Waals surface area contributed by atoms with Crippen molar-refractivity contribution in [1.29, 1.82) is 0 Å². The molecule has 0 radical (unpaired) electrons. The van der Waals surface area contributed by atoms with E-state index in [4.69, 9.17) is 4.74 Å². The molecule has 0 aromatic heterocycles. The van der Waals surface area contributed by atoms with Gasteiger partial charge in [-0.1, -0.05) is 12.8 Å². The number of hydrogen-bond acceptors (Lipinski definition) is 4. The molecule has 1 aliphatic carbocycles. The number of rotatable bonds is 2. The van der Waals surface area contributed by atoms with E-state index in [2.05, 4.69) is 0 Å². The summed E-state index contributed by atoms with van der Waals surface area (Å²) in [6.45, 7) is 1.33. The fourth-order valence-electron chi connectivity index (χ4n) is 3.25. The fraction of sp³-hybridized carbons (Fsp3) is 0.438. The van der Waals surface area contributed by atoms with Gasteiger partial charge in [0, 0.05) is 6.92 Å². The number of anilines is 1. The minimum absolute atomic E-state index is 0.0927. The summed E-state index contributed by atoms with van der Waals surface area (Å²) >= 11 is 0. The van der Waals surface area contributed by atoms with Gasteiger partial charge in [-0.15, -0.1) is 0 Å². The predicted molar refractivity (Wildman–Crippen MR) is 75.7 cm³/mol. The highest BCUT2D eigenvalue weighted by Gasteiger charge is 2.48. The summed E-state index contributed by atoms with van der Waals surface area (Å²) in [5.74, 6) is -0.487. The highest BCUT2D eigenvalue weighted by Crippen LogP contribution is 2.40. The monoisotopic (exact) mass is 287 g/mol. The molecule has 3 rings (SSSR count). The summed E-state index contributed by atoms with van der Waals surface area (Å²) in [5.41, 5.74) is 0.551. The molecule has 1 aromatic carbocycles. The number of hydrogen-bond donors (Lipinski definition) is 0. The Kier molecular flexibility index (Phi) is 3.49. The van der Waals surface area contributed by atoms with Crippen LogP contribution in [-0.2, 0) is 14.4 Å². The molecular weight excluding hydrogens is 270 g/mol. The van der Waals surface area contributed by atoms with Gasteiger partial charge in [0.15, 0.2) is 0 Å². The lowest BCUT2D eigenvalue weighted by molar-refractivity contribution is -0.132. The van der Waals surface area contributed by atoms with Crippen LogP contribution in [0.1, 0.15) is 32.6 Å². The Morgan fingerprint density at radius 3 is 2.05 bits per heavy atom. The summed E-state index contributed by atoms with van der Waals surface area (Å²) in [5, 5.41) is 0. The van der Waals surface area contributed by atoms with Crippen molar-refractivity contribution in [3.05, 3.63) is 24.3 Å². The van der Waals surface area contributed by atoms with Gasteiger partial charge in [-0.25, -0.2) is 0 Å². The number of imide groups is 1. The van der Waals surface area contributed by atoms with Crippen LogP contribution in [0.3, 0.4) is 0 Å². The topological polar surface area (TPSA) is 63.7 Å². The third kappa shape index (κ3) is 2.44. The Labute approximate surface area is 122 Å². The summed E-state index contributed by atoms with van der Waals surface area (Å²) in [4.78, 5) is 37.0. The van der Waals surface area contributed by atoms with Gasteiger partial charge in [0.05, 0.1) is 17.5 Å². The fourth-order valence-corrected chi connectivity index (χ4v) is 3.25. The van der Waals surface area contributed by atoms with Gasteiger partial charge in [0.2, 0.25) is 11.8 Å². The van der Waals surface area contributed by atoms with E-state index in [0.717, 1.165) is 25.7 Å². The Bertz CT molecular complexity index is 569. The quantitative estimate of drug-likeness (QED) is 0.475. The SMILES string of the molecule is CC(=O)Oc1ccc(N2C(=O)[C@H]3CCCC[C@H]3C2=O)cc1. The number of carbonyl (C=O) groups excluding carboxylic acids is 3. The van der Waals surface area contributed by atoms with Crippen LogP contribution in [0.2, 0.25) is 0 Å². The van der Waals surface area contributed by atoms with Crippen LogP contribution >= 0.6 is 0 Å². The molecule has 5 heteroatoms. The molecule has 2 fully saturated rings. The lowest BCUT2D eigenvalue weighted by atomic mass is 9.81. The van der Waals surface area contributed by atoms with E-state index in [1.807, 2.05) is 0 Å². The van der Waals surface area contributed by atoms with Crippen LogP contribution in [0.25, 0.3) is 0 Å². The van der Waals surface area contributed by atoms with Crippen LogP contribution in [0.4, 0.5) is 5.69 Å². The average Bonchev–Trinajstić information content (AvgIpc) is 2.72. The second kappa shape index (κ2) is 5.31. The molecule has 0 N–H and O–H groups in total. The molecule has 2 aliphatic rings. The first-order valence-corrected chi connectivity index (χ1v) is 7.24. The minimum Gasteiger partial charge on any atom is -0.427 e. The Morgan fingerprint density at radius 1 is 1.05 bits per heavy atom. The van der Waals surface area contributed by atoms with Crippen molar-refractivity contribution in [3.8, 4) is 5.75 Å². The third-order valence-corrected chi connectivity index (χ3v) is 4.20. The third-order valence-electron chi connectivity index (χ3n) is 4.20. The van der Waals surface area contributed by atoms with Gasteiger partial charge in [-0.3, -0.25) is 19.3 Å². The van der Waals surface area contributed by atoms with E-state index in [1.165, 1.54) is 11.8 Å². The number of fused-ring (bicyclic) bond motifs is 1. The van der Waals surface area contributed by atoms with Crippen LogP contribution < -0.4 is 9.64 Å². The molecule has 0 unspecified atom stereocenters. The maximum atomic E-state index is 12.4. The van der Waals surface area contributed by atoms with E-state index in [1.54, 1.807) is 24.3 Å². The first-order chi connectivity index (χ1) is 10.1. The summed E-state index contributed by atoms with van der Waals surface area (Å²) in [6.07, 6.45) is 3.63. The molecule has 1 heterocycles. The molecule has 110 valence electrons. The molecule has 1 saturated carbocycles. The highest BCUT2D eigenvalue weighted by molar-refractivity contribution is 6.22. The van der Waals surface area contributed by atoms with Gasteiger partial charge in [0.1, 0.15) is 5.75 Å². The lowest BCUT2D eigenvalue weighted by Gasteiger charge is -2.19. The minimum atomic E-state index is -0.401. The Balaban J connectivity index is 1.84. The van der Waals surface area contributed by atoms with Crippen molar-refractivity contribution >= 4 is 23.5 Å². The molecule has 0 bridgehead atoms. The first-order valence-electron chi connectivity index (χ1n) is 7.24. The molecule has 0 spiro atoms. The van der Waals surface area contributed by atoms with Gasteiger partial charge >= 0.3 is 5.97 Å². The van der Waals surface area contributed by atoms with Crippen molar-refractivity contribution in [3.63, 3.8) is 0 Å². The van der Waals surface area contributed by atoms with E-state index in [9.17, 15) is 14.4 Å². The first kappa shape index (κ1) is 13.8. The summed E-state index contributed by atoms with van der Waals surface area (Å²) < 4.78 is 4.95. The molecule has 2 amide bonds. The number of benzene rings is 1. The number of amides is 2. The van der Waals surface area contributed by atoms with E-state index < -0.39 is 5.97 Å². The van der Waals surface area contributed by atoms with Crippen molar-refractivity contribution < 1.29 is 19.1 Å². The molecule has 1 aromatic rings. The zero-order valence-electron chi connectivity index (χ0n) is 11.9. The second-order valence-electron chi connectivity index (χ2n) is 5.60.